The molecular formula is C15H24BrNO. The first-order chi connectivity index (χ1) is 8.40. The van der Waals surface area contributed by atoms with E-state index in [9.17, 15) is 0 Å². The molecule has 0 saturated heterocycles. The van der Waals surface area contributed by atoms with Gasteiger partial charge in [-0.25, -0.2) is 0 Å². The first-order valence-corrected chi connectivity index (χ1v) is 7.28. The summed E-state index contributed by atoms with van der Waals surface area (Å²) in [5, 5.41) is 0. The molecule has 102 valence electrons. The predicted octanol–water partition coefficient (Wildman–Crippen LogP) is 3.77. The van der Waals surface area contributed by atoms with E-state index in [1.54, 1.807) is 0 Å². The van der Waals surface area contributed by atoms with Gasteiger partial charge in [0.2, 0.25) is 0 Å². The van der Waals surface area contributed by atoms with Gasteiger partial charge < -0.3 is 10.5 Å². The van der Waals surface area contributed by atoms with E-state index in [0.717, 1.165) is 23.9 Å². The Bertz CT molecular complexity index is 360. The van der Waals surface area contributed by atoms with Gasteiger partial charge in [0.05, 0.1) is 5.60 Å². The molecule has 0 spiro atoms. The van der Waals surface area contributed by atoms with E-state index in [-0.39, 0.29) is 5.60 Å². The van der Waals surface area contributed by atoms with E-state index >= 15 is 0 Å². The summed E-state index contributed by atoms with van der Waals surface area (Å²) >= 11 is 3.50. The molecular weight excluding hydrogens is 290 g/mol. The molecule has 18 heavy (non-hydrogen) atoms. The fraction of sp³-hybridized carbons (Fsp3) is 0.600. The van der Waals surface area contributed by atoms with Gasteiger partial charge >= 0.3 is 0 Å². The third kappa shape index (κ3) is 6.53. The van der Waals surface area contributed by atoms with Gasteiger partial charge in [-0.05, 0) is 63.8 Å². The topological polar surface area (TPSA) is 35.2 Å². The first kappa shape index (κ1) is 15.7. The van der Waals surface area contributed by atoms with Crippen LogP contribution in [0.4, 0.5) is 0 Å². The molecule has 0 amide bonds. The SMILES string of the molecule is CC(C)(C)OCCC(CN)Cc1cccc(Br)c1. The second kappa shape index (κ2) is 7.27. The first-order valence-electron chi connectivity index (χ1n) is 6.49. The lowest BCUT2D eigenvalue weighted by Crippen LogP contribution is -2.24. The molecule has 0 heterocycles. The molecule has 1 unspecified atom stereocenters. The summed E-state index contributed by atoms with van der Waals surface area (Å²) in [5.74, 6) is 0.488. The van der Waals surface area contributed by atoms with Crippen LogP contribution < -0.4 is 5.73 Å². The highest BCUT2D eigenvalue weighted by molar-refractivity contribution is 9.10. The van der Waals surface area contributed by atoms with Crippen molar-refractivity contribution in [3.8, 4) is 0 Å². The summed E-state index contributed by atoms with van der Waals surface area (Å²) in [6.45, 7) is 7.73. The monoisotopic (exact) mass is 313 g/mol. The number of ether oxygens (including phenoxy) is 1. The maximum atomic E-state index is 5.84. The molecule has 1 aromatic carbocycles. The van der Waals surface area contributed by atoms with Gasteiger partial charge in [0.15, 0.2) is 0 Å². The van der Waals surface area contributed by atoms with Crippen molar-refractivity contribution in [1.29, 1.82) is 0 Å². The van der Waals surface area contributed by atoms with E-state index in [1.807, 2.05) is 6.07 Å². The average molecular weight is 314 g/mol. The van der Waals surface area contributed by atoms with Crippen molar-refractivity contribution in [2.45, 2.75) is 39.2 Å². The van der Waals surface area contributed by atoms with Crippen molar-refractivity contribution in [3.63, 3.8) is 0 Å². The van der Waals surface area contributed by atoms with E-state index in [0.29, 0.717) is 12.5 Å². The highest BCUT2D eigenvalue weighted by Crippen LogP contribution is 2.17. The number of halogens is 1. The van der Waals surface area contributed by atoms with Crippen molar-refractivity contribution in [2.75, 3.05) is 13.2 Å². The zero-order chi connectivity index (χ0) is 13.6. The summed E-state index contributed by atoms with van der Waals surface area (Å²) in [7, 11) is 0. The lowest BCUT2D eigenvalue weighted by molar-refractivity contribution is -0.00886. The van der Waals surface area contributed by atoms with Crippen molar-refractivity contribution < 1.29 is 4.74 Å². The summed E-state index contributed by atoms with van der Waals surface area (Å²) in [6, 6.07) is 8.42. The molecule has 0 aromatic heterocycles. The Morgan fingerprint density at radius 1 is 1.33 bits per heavy atom. The van der Waals surface area contributed by atoms with Crippen LogP contribution in [0.2, 0.25) is 0 Å². The van der Waals surface area contributed by atoms with Crippen molar-refractivity contribution >= 4 is 15.9 Å². The normalized spacial score (nSPS) is 13.6. The maximum absolute atomic E-state index is 5.84. The van der Waals surface area contributed by atoms with Gasteiger partial charge in [-0.1, -0.05) is 28.1 Å². The van der Waals surface area contributed by atoms with Crippen LogP contribution in [0.5, 0.6) is 0 Å². The molecule has 0 aliphatic carbocycles. The Kier molecular flexibility index (Phi) is 6.33. The molecule has 3 heteroatoms. The Morgan fingerprint density at radius 2 is 2.06 bits per heavy atom. The smallest absolute Gasteiger partial charge is 0.0598 e. The molecule has 0 saturated carbocycles. The number of nitrogens with two attached hydrogens (primary N) is 1. The minimum atomic E-state index is -0.0606. The summed E-state index contributed by atoms with van der Waals surface area (Å²) in [5.41, 5.74) is 7.11. The van der Waals surface area contributed by atoms with Crippen molar-refractivity contribution in [2.24, 2.45) is 11.7 Å². The lowest BCUT2D eigenvalue weighted by Gasteiger charge is -2.22. The molecule has 2 N–H and O–H groups in total. The summed E-state index contributed by atoms with van der Waals surface area (Å²) < 4.78 is 6.88. The van der Waals surface area contributed by atoms with E-state index in [1.165, 1.54) is 5.56 Å². The van der Waals surface area contributed by atoms with Crippen LogP contribution in [0.15, 0.2) is 28.7 Å². The Labute approximate surface area is 119 Å². The number of rotatable bonds is 6. The van der Waals surface area contributed by atoms with Crippen molar-refractivity contribution in [1.82, 2.24) is 0 Å². The van der Waals surface area contributed by atoms with Gasteiger partial charge in [0.1, 0.15) is 0 Å². The van der Waals surface area contributed by atoms with Crippen LogP contribution in [0.1, 0.15) is 32.8 Å². The minimum absolute atomic E-state index is 0.0606. The highest BCUT2D eigenvalue weighted by Gasteiger charge is 2.13. The molecule has 1 atom stereocenters. The standard InChI is InChI=1S/C15H24BrNO/c1-15(2,3)18-8-7-13(11-17)9-12-5-4-6-14(16)10-12/h4-6,10,13H,7-9,11,17H2,1-3H3. The van der Waals surface area contributed by atoms with Gasteiger partial charge in [0.25, 0.3) is 0 Å². The van der Waals surface area contributed by atoms with Gasteiger partial charge in [0, 0.05) is 11.1 Å². The molecule has 0 radical (unpaired) electrons. The Morgan fingerprint density at radius 3 is 2.61 bits per heavy atom. The van der Waals surface area contributed by atoms with Gasteiger partial charge in [-0.2, -0.15) is 0 Å². The third-order valence-corrected chi connectivity index (χ3v) is 3.30. The van der Waals surface area contributed by atoms with E-state index < -0.39 is 0 Å². The second-order valence-electron chi connectivity index (χ2n) is 5.69. The Hall–Kier alpha value is -0.380. The van der Waals surface area contributed by atoms with Crippen LogP contribution in [-0.2, 0) is 11.2 Å². The number of hydrogen-bond donors (Lipinski definition) is 1. The van der Waals surface area contributed by atoms with Crippen LogP contribution in [0.3, 0.4) is 0 Å². The highest BCUT2D eigenvalue weighted by atomic mass is 79.9. The van der Waals surface area contributed by atoms with E-state index in [2.05, 4.69) is 54.9 Å². The molecule has 1 rings (SSSR count). The number of hydrogen-bond acceptors (Lipinski definition) is 2. The predicted molar refractivity (Wildman–Crippen MR) is 80.7 cm³/mol. The summed E-state index contributed by atoms with van der Waals surface area (Å²) in [6.07, 6.45) is 2.03. The zero-order valence-electron chi connectivity index (χ0n) is 11.6. The average Bonchev–Trinajstić information content (AvgIpc) is 2.26. The lowest BCUT2D eigenvalue weighted by atomic mass is 9.96. The molecule has 0 bridgehead atoms. The third-order valence-electron chi connectivity index (χ3n) is 2.81. The molecule has 2 nitrogen and oxygen atoms in total. The fourth-order valence-corrected chi connectivity index (χ4v) is 2.28. The zero-order valence-corrected chi connectivity index (χ0v) is 13.2. The second-order valence-corrected chi connectivity index (χ2v) is 6.60. The molecule has 0 aliphatic heterocycles. The van der Waals surface area contributed by atoms with Crippen LogP contribution in [0.25, 0.3) is 0 Å². The van der Waals surface area contributed by atoms with Gasteiger partial charge in [-0.3, -0.25) is 0 Å². The minimum Gasteiger partial charge on any atom is -0.376 e. The summed E-state index contributed by atoms with van der Waals surface area (Å²) in [4.78, 5) is 0. The molecule has 1 aromatic rings. The van der Waals surface area contributed by atoms with Crippen LogP contribution in [-0.4, -0.2) is 18.8 Å². The largest absolute Gasteiger partial charge is 0.376 e. The maximum Gasteiger partial charge on any atom is 0.0598 e. The van der Waals surface area contributed by atoms with Gasteiger partial charge in [-0.15, -0.1) is 0 Å². The van der Waals surface area contributed by atoms with Crippen LogP contribution in [0, 0.1) is 5.92 Å². The number of benzene rings is 1. The van der Waals surface area contributed by atoms with Crippen molar-refractivity contribution in [3.05, 3.63) is 34.3 Å². The Balaban J connectivity index is 2.42. The molecule has 0 aliphatic rings. The van der Waals surface area contributed by atoms with Crippen LogP contribution >= 0.6 is 15.9 Å². The van der Waals surface area contributed by atoms with E-state index in [4.69, 9.17) is 10.5 Å². The molecule has 0 fully saturated rings. The quantitative estimate of drug-likeness (QED) is 0.867. The fourth-order valence-electron chi connectivity index (χ4n) is 1.83.